The number of imide groups is 1. The van der Waals surface area contributed by atoms with E-state index >= 15 is 0 Å². The number of hydrogen-bond acceptors (Lipinski definition) is 2. The molecule has 1 heterocycles. The Labute approximate surface area is 106 Å². The molecule has 3 amide bonds. The van der Waals surface area contributed by atoms with Crippen LogP contribution in [0.4, 0.5) is 4.79 Å². The van der Waals surface area contributed by atoms with Gasteiger partial charge in [-0.25, -0.2) is 4.79 Å². The van der Waals surface area contributed by atoms with Gasteiger partial charge in [0.2, 0.25) is 0 Å². The Bertz CT molecular complexity index is 464. The van der Waals surface area contributed by atoms with Gasteiger partial charge in [-0.2, -0.15) is 0 Å². The molecule has 0 spiro atoms. The Morgan fingerprint density at radius 1 is 1.50 bits per heavy atom. The zero-order valence-corrected chi connectivity index (χ0v) is 10.5. The highest BCUT2D eigenvalue weighted by molar-refractivity contribution is 9.10. The van der Waals surface area contributed by atoms with Crippen LogP contribution in [0.5, 0.6) is 0 Å². The van der Waals surface area contributed by atoms with Crippen molar-refractivity contribution in [2.75, 3.05) is 13.1 Å². The van der Waals surface area contributed by atoms with E-state index in [4.69, 9.17) is 11.6 Å². The van der Waals surface area contributed by atoms with Crippen molar-refractivity contribution in [1.82, 2.24) is 10.2 Å². The normalized spacial score (nSPS) is 15.1. The first-order chi connectivity index (χ1) is 7.59. The molecular formula is C10H8BrClN2O2. The van der Waals surface area contributed by atoms with Crippen LogP contribution >= 0.6 is 27.5 Å². The van der Waals surface area contributed by atoms with Gasteiger partial charge < -0.3 is 5.32 Å². The lowest BCUT2D eigenvalue weighted by Crippen LogP contribution is -2.34. The molecule has 0 saturated carbocycles. The van der Waals surface area contributed by atoms with Gasteiger partial charge in [0.15, 0.2) is 0 Å². The fourth-order valence-electron chi connectivity index (χ4n) is 1.47. The van der Waals surface area contributed by atoms with E-state index in [2.05, 4.69) is 21.2 Å². The van der Waals surface area contributed by atoms with E-state index in [9.17, 15) is 9.59 Å². The summed E-state index contributed by atoms with van der Waals surface area (Å²) in [4.78, 5) is 24.5. The Morgan fingerprint density at radius 3 is 2.88 bits per heavy atom. The van der Waals surface area contributed by atoms with Gasteiger partial charge in [-0.15, -0.1) is 0 Å². The van der Waals surface area contributed by atoms with Crippen molar-refractivity contribution < 1.29 is 9.59 Å². The molecule has 1 aromatic carbocycles. The van der Waals surface area contributed by atoms with Crippen LogP contribution in [-0.4, -0.2) is 29.9 Å². The summed E-state index contributed by atoms with van der Waals surface area (Å²) in [6.07, 6.45) is 0. The molecule has 1 aliphatic heterocycles. The number of hydrogen-bond donors (Lipinski definition) is 1. The first-order valence-corrected chi connectivity index (χ1v) is 5.81. The molecule has 0 aliphatic carbocycles. The molecule has 1 fully saturated rings. The Kier molecular flexibility index (Phi) is 3.16. The number of halogens is 2. The molecular weight excluding hydrogens is 295 g/mol. The first kappa shape index (κ1) is 11.4. The van der Waals surface area contributed by atoms with Gasteiger partial charge in [0.1, 0.15) is 0 Å². The quantitative estimate of drug-likeness (QED) is 0.865. The molecule has 1 saturated heterocycles. The lowest BCUT2D eigenvalue weighted by molar-refractivity contribution is 0.0828. The number of rotatable bonds is 1. The zero-order valence-electron chi connectivity index (χ0n) is 8.17. The molecule has 2 rings (SSSR count). The summed E-state index contributed by atoms with van der Waals surface area (Å²) in [5.74, 6) is -0.343. The van der Waals surface area contributed by atoms with E-state index < -0.39 is 0 Å². The number of carbonyl (C=O) groups excluding carboxylic acids is 2. The molecule has 0 atom stereocenters. The molecule has 0 unspecified atom stereocenters. The molecule has 84 valence electrons. The van der Waals surface area contributed by atoms with Crippen molar-refractivity contribution in [3.8, 4) is 0 Å². The van der Waals surface area contributed by atoms with Crippen LogP contribution < -0.4 is 5.32 Å². The van der Waals surface area contributed by atoms with Crippen LogP contribution in [0.1, 0.15) is 10.4 Å². The summed E-state index contributed by atoms with van der Waals surface area (Å²) in [5, 5.41) is 3.04. The molecule has 0 aromatic heterocycles. The lowest BCUT2D eigenvalue weighted by Gasteiger charge is -2.13. The summed E-state index contributed by atoms with van der Waals surface area (Å²) in [5.41, 5.74) is 0.393. The largest absolute Gasteiger partial charge is 0.336 e. The van der Waals surface area contributed by atoms with Gasteiger partial charge in [0.25, 0.3) is 5.91 Å². The monoisotopic (exact) mass is 302 g/mol. The smallest absolute Gasteiger partial charge is 0.324 e. The van der Waals surface area contributed by atoms with Gasteiger partial charge in [-0.1, -0.05) is 11.6 Å². The van der Waals surface area contributed by atoms with Crippen LogP contribution in [0.15, 0.2) is 22.7 Å². The Balaban J connectivity index is 2.33. The van der Waals surface area contributed by atoms with Crippen LogP contribution in [0, 0.1) is 0 Å². The molecule has 1 aliphatic rings. The maximum Gasteiger partial charge on any atom is 0.324 e. The van der Waals surface area contributed by atoms with Crippen molar-refractivity contribution in [2.24, 2.45) is 0 Å². The van der Waals surface area contributed by atoms with Gasteiger partial charge in [0.05, 0.1) is 5.56 Å². The number of nitrogens with zero attached hydrogens (tertiary/aromatic N) is 1. The topological polar surface area (TPSA) is 49.4 Å². The molecule has 0 bridgehead atoms. The zero-order chi connectivity index (χ0) is 11.7. The van der Waals surface area contributed by atoms with E-state index in [1.807, 2.05) is 0 Å². The minimum Gasteiger partial charge on any atom is -0.336 e. The van der Waals surface area contributed by atoms with Crippen molar-refractivity contribution in [3.05, 3.63) is 33.3 Å². The van der Waals surface area contributed by atoms with Gasteiger partial charge >= 0.3 is 6.03 Å². The average Bonchev–Trinajstić information content (AvgIpc) is 2.67. The summed E-state index contributed by atoms with van der Waals surface area (Å²) in [7, 11) is 0. The number of carbonyl (C=O) groups is 2. The van der Waals surface area contributed by atoms with Crippen molar-refractivity contribution in [2.45, 2.75) is 0 Å². The Hall–Kier alpha value is -1.07. The van der Waals surface area contributed by atoms with Gasteiger partial charge in [-0.3, -0.25) is 9.69 Å². The highest BCUT2D eigenvalue weighted by Gasteiger charge is 2.28. The first-order valence-electron chi connectivity index (χ1n) is 4.64. The van der Waals surface area contributed by atoms with E-state index in [1.54, 1.807) is 18.2 Å². The molecule has 6 heteroatoms. The third-order valence-corrected chi connectivity index (χ3v) is 3.19. The SMILES string of the molecule is O=C1NCCN1C(=O)c1cc(Cl)ccc1Br. The van der Waals surface area contributed by atoms with E-state index in [0.717, 1.165) is 4.90 Å². The highest BCUT2D eigenvalue weighted by atomic mass is 79.9. The minimum atomic E-state index is -0.364. The predicted molar refractivity (Wildman–Crippen MR) is 63.6 cm³/mol. The van der Waals surface area contributed by atoms with Crippen LogP contribution in [-0.2, 0) is 0 Å². The summed E-state index contributed by atoms with van der Waals surface area (Å²) in [6, 6.07) is 4.53. The highest BCUT2D eigenvalue weighted by Crippen LogP contribution is 2.23. The maximum atomic E-state index is 12.0. The Morgan fingerprint density at radius 2 is 2.25 bits per heavy atom. The van der Waals surface area contributed by atoms with E-state index in [0.29, 0.717) is 28.1 Å². The van der Waals surface area contributed by atoms with Gasteiger partial charge in [0, 0.05) is 22.6 Å². The second kappa shape index (κ2) is 4.43. The van der Waals surface area contributed by atoms with Crippen molar-refractivity contribution >= 4 is 39.5 Å². The molecule has 0 radical (unpaired) electrons. The fourth-order valence-corrected chi connectivity index (χ4v) is 2.06. The lowest BCUT2D eigenvalue weighted by atomic mass is 10.2. The standard InChI is InChI=1S/C10H8BrClN2O2/c11-8-2-1-6(12)5-7(8)9(15)14-4-3-13-10(14)16/h1-2,5H,3-4H2,(H,13,16). The van der Waals surface area contributed by atoms with Gasteiger partial charge in [-0.05, 0) is 34.1 Å². The molecule has 4 nitrogen and oxygen atoms in total. The van der Waals surface area contributed by atoms with Crippen LogP contribution in [0.3, 0.4) is 0 Å². The number of urea groups is 1. The summed E-state index contributed by atoms with van der Waals surface area (Å²) >= 11 is 9.07. The van der Waals surface area contributed by atoms with E-state index in [1.165, 1.54) is 0 Å². The van der Waals surface area contributed by atoms with Crippen LogP contribution in [0.2, 0.25) is 5.02 Å². The number of benzene rings is 1. The second-order valence-corrected chi connectivity index (χ2v) is 4.60. The molecule has 1 N–H and O–H groups in total. The fraction of sp³-hybridized carbons (Fsp3) is 0.200. The summed E-state index contributed by atoms with van der Waals surface area (Å²) < 4.78 is 0.626. The second-order valence-electron chi connectivity index (χ2n) is 3.31. The molecule has 1 aromatic rings. The summed E-state index contributed by atoms with van der Waals surface area (Å²) in [6.45, 7) is 0.874. The third-order valence-electron chi connectivity index (χ3n) is 2.26. The molecule has 16 heavy (non-hydrogen) atoms. The van der Waals surface area contributed by atoms with Crippen LogP contribution in [0.25, 0.3) is 0 Å². The number of amides is 3. The van der Waals surface area contributed by atoms with E-state index in [-0.39, 0.29) is 11.9 Å². The minimum absolute atomic E-state index is 0.343. The maximum absolute atomic E-state index is 12.0. The average molecular weight is 304 g/mol. The van der Waals surface area contributed by atoms with Crippen molar-refractivity contribution in [3.63, 3.8) is 0 Å². The third kappa shape index (κ3) is 2.05. The predicted octanol–water partition coefficient (Wildman–Crippen LogP) is 2.27. The number of nitrogens with one attached hydrogen (secondary N) is 1. The van der Waals surface area contributed by atoms with Crippen molar-refractivity contribution in [1.29, 1.82) is 0 Å².